The lowest BCUT2D eigenvalue weighted by Crippen LogP contribution is -1.96. The first-order valence-electron chi connectivity index (χ1n) is 3.04. The Morgan fingerprint density at radius 2 is 2.00 bits per heavy atom. The second-order valence-corrected chi connectivity index (χ2v) is 2.82. The number of carbonyl (C=O) groups is 1. The molecular weight excluding hydrogens is 160 g/mol. The maximum Gasteiger partial charge on any atom is 0.217 e. The van der Waals surface area contributed by atoms with Crippen LogP contribution in [0.15, 0.2) is 29.2 Å². The fourth-order valence-corrected chi connectivity index (χ4v) is 1.08. The molecule has 11 heavy (non-hydrogen) atoms. The van der Waals surface area contributed by atoms with E-state index in [2.05, 4.69) is 4.72 Å². The monoisotopic (exact) mass is 168 g/mol. The van der Waals surface area contributed by atoms with E-state index in [-0.39, 0.29) is 0 Å². The first kappa shape index (κ1) is 7.94. The molecule has 0 aliphatic heterocycles. The van der Waals surface area contributed by atoms with Crippen LogP contribution in [0.5, 0.6) is 0 Å². The summed E-state index contributed by atoms with van der Waals surface area (Å²) in [7, 11) is 0. The number of anilines is 1. The van der Waals surface area contributed by atoms with Crippen LogP contribution in [0.1, 0.15) is 0 Å². The molecule has 0 heterocycles. The van der Waals surface area contributed by atoms with E-state index in [0.717, 1.165) is 10.6 Å². The van der Waals surface area contributed by atoms with Gasteiger partial charge in [0.2, 0.25) is 6.41 Å². The molecule has 0 saturated heterocycles. The van der Waals surface area contributed by atoms with Crippen molar-refractivity contribution in [3.8, 4) is 0 Å². The van der Waals surface area contributed by atoms with Crippen molar-refractivity contribution in [2.45, 2.75) is 4.90 Å². The van der Waals surface area contributed by atoms with Gasteiger partial charge in [-0.2, -0.15) is 0 Å². The van der Waals surface area contributed by atoms with Gasteiger partial charge in [-0.1, -0.05) is 0 Å². The first-order chi connectivity index (χ1) is 5.33. The van der Waals surface area contributed by atoms with Gasteiger partial charge in [0.15, 0.2) is 0 Å². The number of nitrogens with one attached hydrogen (secondary N) is 1. The summed E-state index contributed by atoms with van der Waals surface area (Å²) in [6.45, 7) is 0. The van der Waals surface area contributed by atoms with Crippen LogP contribution in [-0.2, 0) is 4.79 Å². The summed E-state index contributed by atoms with van der Waals surface area (Å²) >= 11 is 1.26. The molecule has 1 rings (SSSR count). The maximum absolute atomic E-state index is 9.89. The van der Waals surface area contributed by atoms with Crippen molar-refractivity contribution < 1.29 is 4.79 Å². The number of amides is 1. The van der Waals surface area contributed by atoms with Crippen LogP contribution >= 0.6 is 11.9 Å². The van der Waals surface area contributed by atoms with E-state index >= 15 is 0 Å². The molecule has 0 atom stereocenters. The third-order valence-electron chi connectivity index (χ3n) is 1.10. The third-order valence-corrected chi connectivity index (χ3v) is 1.83. The standard InChI is InChI=1S/C7H8N2OS/c8-6-1-3-7(4-2-6)11-9-5-10/h1-5H,8H2,(H,9,10). The molecule has 4 heteroatoms. The average Bonchev–Trinajstić information content (AvgIpc) is 2.04. The second-order valence-electron chi connectivity index (χ2n) is 1.91. The predicted octanol–water partition coefficient (Wildman–Crippen LogP) is 1.02. The molecule has 0 unspecified atom stereocenters. The summed E-state index contributed by atoms with van der Waals surface area (Å²) in [5.41, 5.74) is 6.18. The van der Waals surface area contributed by atoms with Crippen LogP contribution in [0.2, 0.25) is 0 Å². The lowest BCUT2D eigenvalue weighted by molar-refractivity contribution is -0.107. The highest BCUT2D eigenvalue weighted by atomic mass is 32.2. The molecule has 1 amide bonds. The molecule has 3 nitrogen and oxygen atoms in total. The smallest absolute Gasteiger partial charge is 0.217 e. The molecule has 0 aliphatic carbocycles. The number of rotatable bonds is 3. The van der Waals surface area contributed by atoms with Crippen molar-refractivity contribution in [3.05, 3.63) is 24.3 Å². The summed E-state index contributed by atoms with van der Waals surface area (Å²) in [6.07, 6.45) is 0.640. The van der Waals surface area contributed by atoms with E-state index in [9.17, 15) is 4.79 Å². The van der Waals surface area contributed by atoms with Gasteiger partial charge in [0, 0.05) is 10.6 Å². The summed E-state index contributed by atoms with van der Waals surface area (Å²) in [5.74, 6) is 0. The fourth-order valence-electron chi connectivity index (χ4n) is 0.628. The molecule has 0 aromatic heterocycles. The van der Waals surface area contributed by atoms with Crippen molar-refractivity contribution in [1.82, 2.24) is 4.72 Å². The second kappa shape index (κ2) is 3.88. The SMILES string of the molecule is Nc1ccc(SNC=O)cc1. The molecule has 1 aromatic rings. The molecule has 3 N–H and O–H groups in total. The van der Waals surface area contributed by atoms with Gasteiger partial charge < -0.3 is 5.73 Å². The van der Waals surface area contributed by atoms with Crippen LogP contribution in [0.3, 0.4) is 0 Å². The Labute approximate surface area is 69.1 Å². The number of nitrogens with two attached hydrogens (primary N) is 1. The number of hydrogen-bond donors (Lipinski definition) is 2. The van der Waals surface area contributed by atoms with Gasteiger partial charge in [-0.25, -0.2) is 0 Å². The lowest BCUT2D eigenvalue weighted by atomic mass is 10.3. The Morgan fingerprint density at radius 3 is 2.55 bits per heavy atom. The maximum atomic E-state index is 9.89. The zero-order chi connectivity index (χ0) is 8.10. The molecule has 1 aromatic carbocycles. The predicted molar refractivity (Wildman–Crippen MR) is 45.9 cm³/mol. The van der Waals surface area contributed by atoms with Crippen LogP contribution < -0.4 is 10.5 Å². The Bertz CT molecular complexity index is 235. The minimum atomic E-state index is 0.640. The first-order valence-corrected chi connectivity index (χ1v) is 3.86. The highest BCUT2D eigenvalue weighted by molar-refractivity contribution is 7.97. The molecular formula is C7H8N2OS. The van der Waals surface area contributed by atoms with Crippen molar-refractivity contribution in [2.75, 3.05) is 5.73 Å². The Kier molecular flexibility index (Phi) is 2.80. The van der Waals surface area contributed by atoms with E-state index < -0.39 is 0 Å². The lowest BCUT2D eigenvalue weighted by Gasteiger charge is -1.97. The fraction of sp³-hybridized carbons (Fsp3) is 0. The Hall–Kier alpha value is -1.16. The van der Waals surface area contributed by atoms with E-state index in [4.69, 9.17) is 5.73 Å². The Morgan fingerprint density at radius 1 is 1.36 bits per heavy atom. The van der Waals surface area contributed by atoms with Crippen LogP contribution in [0.25, 0.3) is 0 Å². The normalized spacial score (nSPS) is 9.09. The number of benzene rings is 1. The number of hydrogen-bond acceptors (Lipinski definition) is 3. The molecule has 0 bridgehead atoms. The van der Waals surface area contributed by atoms with Gasteiger partial charge >= 0.3 is 0 Å². The van der Waals surface area contributed by atoms with Gasteiger partial charge in [0.1, 0.15) is 0 Å². The summed E-state index contributed by atoms with van der Waals surface area (Å²) < 4.78 is 2.48. The van der Waals surface area contributed by atoms with Crippen molar-refractivity contribution in [1.29, 1.82) is 0 Å². The van der Waals surface area contributed by atoms with Gasteiger partial charge in [-0.15, -0.1) is 0 Å². The van der Waals surface area contributed by atoms with Crippen molar-refractivity contribution in [3.63, 3.8) is 0 Å². The minimum absolute atomic E-state index is 0.640. The van der Waals surface area contributed by atoms with Crippen molar-refractivity contribution >= 4 is 24.0 Å². The highest BCUT2D eigenvalue weighted by Gasteiger charge is 1.90. The molecule has 0 aliphatic rings. The summed E-state index contributed by atoms with van der Waals surface area (Å²) in [4.78, 5) is 10.9. The highest BCUT2D eigenvalue weighted by Crippen LogP contribution is 2.14. The van der Waals surface area contributed by atoms with E-state index in [1.54, 1.807) is 12.1 Å². The largest absolute Gasteiger partial charge is 0.399 e. The van der Waals surface area contributed by atoms with E-state index in [1.807, 2.05) is 12.1 Å². The molecule has 58 valence electrons. The zero-order valence-electron chi connectivity index (χ0n) is 5.78. The molecule has 0 saturated carbocycles. The number of carbonyl (C=O) groups excluding carboxylic acids is 1. The topological polar surface area (TPSA) is 55.1 Å². The van der Waals surface area contributed by atoms with Crippen molar-refractivity contribution in [2.24, 2.45) is 0 Å². The van der Waals surface area contributed by atoms with Gasteiger partial charge in [-0.05, 0) is 36.2 Å². The van der Waals surface area contributed by atoms with Gasteiger partial charge in [0.05, 0.1) is 0 Å². The van der Waals surface area contributed by atoms with Gasteiger partial charge in [0.25, 0.3) is 0 Å². The third kappa shape index (κ3) is 2.51. The molecule has 0 spiro atoms. The summed E-state index contributed by atoms with van der Waals surface area (Å²) in [5, 5.41) is 0. The minimum Gasteiger partial charge on any atom is -0.399 e. The van der Waals surface area contributed by atoms with Crippen LogP contribution in [0.4, 0.5) is 5.69 Å². The van der Waals surface area contributed by atoms with Crippen LogP contribution in [-0.4, -0.2) is 6.41 Å². The Balaban J connectivity index is 2.58. The van der Waals surface area contributed by atoms with E-state index in [0.29, 0.717) is 6.41 Å². The summed E-state index contributed by atoms with van der Waals surface area (Å²) in [6, 6.07) is 7.26. The quantitative estimate of drug-likeness (QED) is 0.402. The van der Waals surface area contributed by atoms with Crippen LogP contribution in [0, 0.1) is 0 Å². The van der Waals surface area contributed by atoms with E-state index in [1.165, 1.54) is 11.9 Å². The average molecular weight is 168 g/mol. The molecule has 0 fully saturated rings. The zero-order valence-corrected chi connectivity index (χ0v) is 6.60. The number of nitrogen functional groups attached to an aromatic ring is 1. The van der Waals surface area contributed by atoms with Gasteiger partial charge in [-0.3, -0.25) is 9.52 Å². The molecule has 0 radical (unpaired) electrons.